The second-order valence-corrected chi connectivity index (χ2v) is 7.34. The van der Waals surface area contributed by atoms with E-state index in [4.69, 9.17) is 8.98 Å². The van der Waals surface area contributed by atoms with Crippen LogP contribution >= 0.6 is 0 Å². The molecule has 0 radical (unpaired) electrons. The van der Waals surface area contributed by atoms with Crippen LogP contribution in [0.25, 0.3) is 0 Å². The fraction of sp³-hybridized carbons (Fsp3) is 0.182. The van der Waals surface area contributed by atoms with Crippen molar-refractivity contribution >= 4 is 30.1 Å². The molecule has 98 valence electrons. The van der Waals surface area contributed by atoms with Crippen molar-refractivity contribution in [3.63, 3.8) is 0 Å². The molecule has 0 aliphatic rings. The summed E-state index contributed by atoms with van der Waals surface area (Å²) < 4.78 is 21.5. The van der Waals surface area contributed by atoms with Gasteiger partial charge in [0.1, 0.15) is 0 Å². The molecule has 0 heterocycles. The van der Waals surface area contributed by atoms with Gasteiger partial charge in [-0.25, -0.2) is 0 Å². The summed E-state index contributed by atoms with van der Waals surface area (Å²) in [5.41, 5.74) is 0.283. The molecular formula is C11H14AsNO5. The van der Waals surface area contributed by atoms with Crippen LogP contribution in [0, 0.1) is 0 Å². The topological polar surface area (TPSA) is 84.9 Å². The summed E-state index contributed by atoms with van der Waals surface area (Å²) in [6.45, 7) is 4.70. The zero-order valence-electron chi connectivity index (χ0n) is 9.83. The monoisotopic (exact) mass is 315 g/mol. The minimum absolute atomic E-state index is 0.0362. The summed E-state index contributed by atoms with van der Waals surface area (Å²) in [6, 6.07) is 6.26. The molecule has 0 aliphatic carbocycles. The van der Waals surface area contributed by atoms with Crippen LogP contribution in [0.3, 0.4) is 0 Å². The SMILES string of the molecule is C=CCO[As](=O)(OO)c1ccccc1NC(C)=O. The van der Waals surface area contributed by atoms with E-state index < -0.39 is 14.2 Å². The minimum atomic E-state index is -4.59. The van der Waals surface area contributed by atoms with Gasteiger partial charge in [0.15, 0.2) is 0 Å². The Balaban J connectivity index is 3.15. The number of hydrogen-bond donors (Lipinski definition) is 2. The van der Waals surface area contributed by atoms with E-state index in [0.29, 0.717) is 0 Å². The molecule has 1 aromatic carbocycles. The Morgan fingerprint density at radius 3 is 2.78 bits per heavy atom. The Hall–Kier alpha value is -1.33. The van der Waals surface area contributed by atoms with E-state index in [2.05, 4.69) is 15.8 Å². The van der Waals surface area contributed by atoms with E-state index in [1.165, 1.54) is 19.1 Å². The third kappa shape index (κ3) is 3.58. The second kappa shape index (κ2) is 6.56. The summed E-state index contributed by atoms with van der Waals surface area (Å²) in [5, 5.41) is 11.3. The zero-order valence-corrected chi connectivity index (χ0v) is 11.7. The van der Waals surface area contributed by atoms with Gasteiger partial charge in [0, 0.05) is 0 Å². The average molecular weight is 315 g/mol. The first-order valence-corrected chi connectivity index (χ1v) is 8.33. The first-order valence-electron chi connectivity index (χ1n) is 5.09. The van der Waals surface area contributed by atoms with Crippen LogP contribution in [-0.4, -0.2) is 31.9 Å². The van der Waals surface area contributed by atoms with Gasteiger partial charge in [-0.15, -0.1) is 0 Å². The van der Waals surface area contributed by atoms with Gasteiger partial charge >= 0.3 is 107 Å². The number of carbonyl (C=O) groups excluding carboxylic acids is 1. The Labute approximate surface area is 108 Å². The van der Waals surface area contributed by atoms with Crippen LogP contribution in [0.2, 0.25) is 0 Å². The van der Waals surface area contributed by atoms with Gasteiger partial charge in [0.05, 0.1) is 0 Å². The standard InChI is InChI=1S/C11H14AsNO5/c1-3-8-17-12(15,18-16)10-6-4-5-7-11(10)13-9(2)14/h3-7,16H,1,8H2,2H3,(H,13,14). The van der Waals surface area contributed by atoms with E-state index in [0.717, 1.165) is 0 Å². The van der Waals surface area contributed by atoms with Gasteiger partial charge < -0.3 is 0 Å². The first kappa shape index (κ1) is 14.7. The molecule has 6 nitrogen and oxygen atoms in total. The van der Waals surface area contributed by atoms with E-state index in [1.54, 1.807) is 18.2 Å². The molecule has 0 aromatic heterocycles. The molecule has 0 aliphatic heterocycles. The summed E-state index contributed by atoms with van der Waals surface area (Å²) in [4.78, 5) is 11.0. The van der Waals surface area contributed by atoms with Gasteiger partial charge in [-0.3, -0.25) is 0 Å². The van der Waals surface area contributed by atoms with Crippen molar-refractivity contribution in [2.45, 2.75) is 6.92 Å². The van der Waals surface area contributed by atoms with E-state index in [-0.39, 0.29) is 22.6 Å². The van der Waals surface area contributed by atoms with Crippen LogP contribution in [0.15, 0.2) is 36.9 Å². The van der Waals surface area contributed by atoms with E-state index >= 15 is 0 Å². The first-order chi connectivity index (χ1) is 8.53. The molecule has 18 heavy (non-hydrogen) atoms. The van der Waals surface area contributed by atoms with Crippen LogP contribution in [0.5, 0.6) is 0 Å². The van der Waals surface area contributed by atoms with Gasteiger partial charge in [-0.05, 0) is 0 Å². The molecule has 1 rings (SSSR count). The third-order valence-electron chi connectivity index (χ3n) is 1.98. The normalized spacial score (nSPS) is 13.7. The molecule has 7 heteroatoms. The van der Waals surface area contributed by atoms with Crippen LogP contribution in [0.4, 0.5) is 5.69 Å². The average Bonchev–Trinajstić information content (AvgIpc) is 2.36. The Morgan fingerprint density at radius 2 is 2.22 bits per heavy atom. The number of amides is 1. The number of hydrogen-bond acceptors (Lipinski definition) is 5. The van der Waals surface area contributed by atoms with Gasteiger partial charge in [0.2, 0.25) is 0 Å². The molecule has 0 spiro atoms. The predicted octanol–water partition coefficient (Wildman–Crippen LogP) is 0.914. The van der Waals surface area contributed by atoms with Crippen molar-refractivity contribution in [2.24, 2.45) is 0 Å². The Morgan fingerprint density at radius 1 is 1.56 bits per heavy atom. The van der Waals surface area contributed by atoms with Crippen LogP contribution < -0.4 is 9.67 Å². The third-order valence-corrected chi connectivity index (χ3v) is 5.51. The number of nitrogens with one attached hydrogen (secondary N) is 1. The fourth-order valence-corrected chi connectivity index (χ4v) is 3.96. The van der Waals surface area contributed by atoms with Crippen LogP contribution in [0.1, 0.15) is 6.92 Å². The molecule has 0 saturated carbocycles. The van der Waals surface area contributed by atoms with Crippen molar-refractivity contribution in [3.8, 4) is 0 Å². The molecular weight excluding hydrogens is 301 g/mol. The van der Waals surface area contributed by atoms with Crippen molar-refractivity contribution in [1.82, 2.24) is 0 Å². The number of anilines is 1. The van der Waals surface area contributed by atoms with Gasteiger partial charge in [-0.2, -0.15) is 0 Å². The summed E-state index contributed by atoms with van der Waals surface area (Å²) in [6.07, 6.45) is 1.38. The molecule has 0 bridgehead atoms. The zero-order chi connectivity index (χ0) is 13.6. The summed E-state index contributed by atoms with van der Waals surface area (Å²) in [7, 11) is 0. The van der Waals surface area contributed by atoms with Crippen molar-refractivity contribution in [2.75, 3.05) is 11.9 Å². The maximum atomic E-state index is 12.3. The predicted molar refractivity (Wildman–Crippen MR) is 66.7 cm³/mol. The van der Waals surface area contributed by atoms with Crippen LogP contribution in [-0.2, 0) is 16.1 Å². The number of benzene rings is 1. The number of para-hydroxylation sites is 1. The molecule has 1 amide bonds. The van der Waals surface area contributed by atoms with Crippen molar-refractivity contribution in [3.05, 3.63) is 36.9 Å². The molecule has 1 aromatic rings. The van der Waals surface area contributed by atoms with Crippen molar-refractivity contribution in [1.29, 1.82) is 0 Å². The second-order valence-electron chi connectivity index (χ2n) is 3.36. The van der Waals surface area contributed by atoms with E-state index in [1.807, 2.05) is 0 Å². The molecule has 1 unspecified atom stereocenters. The summed E-state index contributed by atoms with van der Waals surface area (Å²) in [5.74, 6) is -0.328. The van der Waals surface area contributed by atoms with Gasteiger partial charge in [0.25, 0.3) is 0 Å². The molecule has 1 atom stereocenters. The Bertz CT molecular complexity index is 488. The molecule has 0 saturated heterocycles. The maximum absolute atomic E-state index is 12.3. The number of rotatable bonds is 6. The van der Waals surface area contributed by atoms with Gasteiger partial charge in [-0.1, -0.05) is 0 Å². The van der Waals surface area contributed by atoms with Crippen molar-refractivity contribution < 1.29 is 21.4 Å². The number of carbonyl (C=O) groups is 1. The van der Waals surface area contributed by atoms with E-state index in [9.17, 15) is 8.53 Å². The fourth-order valence-electron chi connectivity index (χ4n) is 1.30. The Kier molecular flexibility index (Phi) is 5.37. The molecule has 2 N–H and O–H groups in total. The quantitative estimate of drug-likeness (QED) is 0.353. The molecule has 0 fully saturated rings. The summed E-state index contributed by atoms with van der Waals surface area (Å²) >= 11 is -4.59.